The highest BCUT2D eigenvalue weighted by molar-refractivity contribution is 5.97. The Morgan fingerprint density at radius 3 is 2.33 bits per heavy atom. The summed E-state index contributed by atoms with van der Waals surface area (Å²) in [6, 6.07) is 11.9. The predicted octanol–water partition coefficient (Wildman–Crippen LogP) is 3.21. The Labute approximate surface area is 192 Å². The number of nitrogens with one attached hydrogen (secondary N) is 1. The first-order chi connectivity index (χ1) is 15.8. The third kappa shape index (κ3) is 5.16. The molecular formula is C25H26N4O4. The Bertz CT molecular complexity index is 1230. The second-order valence-corrected chi connectivity index (χ2v) is 8.26. The maximum atomic E-state index is 12.8. The number of benzene rings is 2. The van der Waals surface area contributed by atoms with Gasteiger partial charge in [-0.25, -0.2) is 9.97 Å². The average Bonchev–Trinajstić information content (AvgIpc) is 2.79. The third-order valence-corrected chi connectivity index (χ3v) is 5.80. The summed E-state index contributed by atoms with van der Waals surface area (Å²) in [5.74, 6) is -0.357. The van der Waals surface area contributed by atoms with E-state index in [0.717, 1.165) is 16.9 Å². The molecule has 8 heteroatoms. The molecule has 1 saturated heterocycles. The standard InChI is InChI=1S/C25H26N4O4/c1-15-16(2)27-23-14-18(7-8-22(23)26-15)24(31)28-20-9-11-29(12-10-20)25(32)19-5-4-6-21(13-19)33-17(3)30/h4-8,13-14,20H,9-12H2,1-3H3,(H,28,31). The predicted molar refractivity (Wildman–Crippen MR) is 123 cm³/mol. The lowest BCUT2D eigenvalue weighted by Crippen LogP contribution is -2.46. The van der Waals surface area contributed by atoms with Crippen LogP contribution >= 0.6 is 0 Å². The topological polar surface area (TPSA) is 101 Å². The highest BCUT2D eigenvalue weighted by Crippen LogP contribution is 2.19. The second kappa shape index (κ2) is 9.36. The fraction of sp³-hybridized carbons (Fsp3) is 0.320. The molecule has 0 aliphatic carbocycles. The number of likely N-dealkylation sites (tertiary alicyclic amines) is 1. The highest BCUT2D eigenvalue weighted by Gasteiger charge is 2.25. The van der Waals surface area contributed by atoms with E-state index in [1.165, 1.54) is 6.92 Å². The summed E-state index contributed by atoms with van der Waals surface area (Å²) in [6.45, 7) is 6.19. The molecule has 1 aliphatic rings. The summed E-state index contributed by atoms with van der Waals surface area (Å²) in [6.07, 6.45) is 1.32. The Morgan fingerprint density at radius 2 is 1.64 bits per heavy atom. The first-order valence-electron chi connectivity index (χ1n) is 10.9. The fourth-order valence-electron chi connectivity index (χ4n) is 3.91. The van der Waals surface area contributed by atoms with E-state index in [9.17, 15) is 14.4 Å². The van der Waals surface area contributed by atoms with Crippen LogP contribution in [0.4, 0.5) is 0 Å². The first kappa shape index (κ1) is 22.4. The Balaban J connectivity index is 1.36. The molecule has 3 aromatic rings. The van der Waals surface area contributed by atoms with Gasteiger partial charge in [-0.2, -0.15) is 0 Å². The molecule has 8 nitrogen and oxygen atoms in total. The van der Waals surface area contributed by atoms with Crippen molar-refractivity contribution in [1.29, 1.82) is 0 Å². The van der Waals surface area contributed by atoms with E-state index in [0.29, 0.717) is 48.3 Å². The zero-order valence-corrected chi connectivity index (χ0v) is 18.9. The molecule has 33 heavy (non-hydrogen) atoms. The number of amides is 2. The lowest BCUT2D eigenvalue weighted by molar-refractivity contribution is -0.131. The first-order valence-corrected chi connectivity index (χ1v) is 10.9. The molecule has 1 fully saturated rings. The van der Waals surface area contributed by atoms with E-state index in [-0.39, 0.29) is 17.9 Å². The summed E-state index contributed by atoms with van der Waals surface area (Å²) in [5.41, 5.74) is 4.19. The van der Waals surface area contributed by atoms with Crippen molar-refractivity contribution in [1.82, 2.24) is 20.2 Å². The van der Waals surface area contributed by atoms with E-state index in [2.05, 4.69) is 15.3 Å². The summed E-state index contributed by atoms with van der Waals surface area (Å²) >= 11 is 0. The van der Waals surface area contributed by atoms with Crippen molar-refractivity contribution in [2.75, 3.05) is 13.1 Å². The molecule has 1 aliphatic heterocycles. The van der Waals surface area contributed by atoms with E-state index in [1.807, 2.05) is 19.9 Å². The number of piperidine rings is 1. The number of hydrogen-bond donors (Lipinski definition) is 1. The van der Waals surface area contributed by atoms with Crippen molar-refractivity contribution in [3.8, 4) is 5.75 Å². The number of rotatable bonds is 4. The number of hydrogen-bond acceptors (Lipinski definition) is 6. The van der Waals surface area contributed by atoms with Crippen LogP contribution in [-0.4, -0.2) is 51.8 Å². The van der Waals surface area contributed by atoms with Gasteiger partial charge in [-0.15, -0.1) is 0 Å². The minimum absolute atomic E-state index is 0.0181. The average molecular weight is 447 g/mol. The van der Waals surface area contributed by atoms with E-state index in [4.69, 9.17) is 4.74 Å². The number of nitrogens with zero attached hydrogens (tertiary/aromatic N) is 3. The maximum absolute atomic E-state index is 12.8. The summed E-state index contributed by atoms with van der Waals surface area (Å²) in [5, 5.41) is 3.07. The van der Waals surface area contributed by atoms with Crippen molar-refractivity contribution in [2.45, 2.75) is 39.7 Å². The van der Waals surface area contributed by atoms with Crippen LogP contribution in [0.1, 0.15) is 51.9 Å². The van der Waals surface area contributed by atoms with Crippen LogP contribution in [0, 0.1) is 13.8 Å². The SMILES string of the molecule is CC(=O)Oc1cccc(C(=O)N2CCC(NC(=O)c3ccc4nc(C)c(C)nc4c3)CC2)c1. The van der Waals surface area contributed by atoms with E-state index >= 15 is 0 Å². The number of carbonyl (C=O) groups is 3. The molecule has 2 amide bonds. The molecule has 0 bridgehead atoms. The van der Waals surface area contributed by atoms with Gasteiger partial charge in [0.05, 0.1) is 22.4 Å². The number of carbonyl (C=O) groups excluding carboxylic acids is 3. The Kier molecular flexibility index (Phi) is 6.35. The minimum atomic E-state index is -0.431. The summed E-state index contributed by atoms with van der Waals surface area (Å²) < 4.78 is 5.07. The largest absolute Gasteiger partial charge is 0.427 e. The molecule has 1 aromatic heterocycles. The van der Waals surface area contributed by atoms with E-state index < -0.39 is 5.97 Å². The highest BCUT2D eigenvalue weighted by atomic mass is 16.5. The maximum Gasteiger partial charge on any atom is 0.308 e. The molecule has 0 unspecified atom stereocenters. The third-order valence-electron chi connectivity index (χ3n) is 5.80. The van der Waals surface area contributed by atoms with Crippen molar-refractivity contribution in [2.24, 2.45) is 0 Å². The number of esters is 1. The zero-order chi connectivity index (χ0) is 23.5. The number of aromatic nitrogens is 2. The molecule has 0 spiro atoms. The Morgan fingerprint density at radius 1 is 0.939 bits per heavy atom. The van der Waals surface area contributed by atoms with Gasteiger partial charge >= 0.3 is 5.97 Å². The van der Waals surface area contributed by atoms with Gasteiger partial charge in [0.1, 0.15) is 5.75 Å². The quantitative estimate of drug-likeness (QED) is 0.488. The van der Waals surface area contributed by atoms with Crippen molar-refractivity contribution in [3.05, 3.63) is 65.0 Å². The normalized spacial score (nSPS) is 14.2. The number of aryl methyl sites for hydroxylation is 2. The van der Waals surface area contributed by atoms with Crippen LogP contribution in [-0.2, 0) is 4.79 Å². The molecule has 0 saturated carbocycles. The van der Waals surface area contributed by atoms with Gasteiger partial charge in [-0.1, -0.05) is 6.07 Å². The van der Waals surface area contributed by atoms with Crippen LogP contribution in [0.3, 0.4) is 0 Å². The van der Waals surface area contributed by atoms with Crippen molar-refractivity contribution >= 4 is 28.8 Å². The summed E-state index contributed by atoms with van der Waals surface area (Å²) in [7, 11) is 0. The van der Waals surface area contributed by atoms with Gasteiger partial charge in [0, 0.05) is 37.2 Å². The Hall–Kier alpha value is -3.81. The summed E-state index contributed by atoms with van der Waals surface area (Å²) in [4.78, 5) is 47.6. The van der Waals surface area contributed by atoms with Crippen molar-refractivity contribution < 1.29 is 19.1 Å². The van der Waals surface area contributed by atoms with Gasteiger partial charge in [0.2, 0.25) is 0 Å². The van der Waals surface area contributed by atoms with Gasteiger partial charge in [-0.05, 0) is 63.1 Å². The van der Waals surface area contributed by atoms with Crippen LogP contribution in [0.2, 0.25) is 0 Å². The van der Waals surface area contributed by atoms with Gasteiger partial charge in [0.15, 0.2) is 0 Å². The number of fused-ring (bicyclic) bond motifs is 1. The van der Waals surface area contributed by atoms with Gasteiger partial charge < -0.3 is 15.0 Å². The van der Waals surface area contributed by atoms with E-state index in [1.54, 1.807) is 41.3 Å². The van der Waals surface area contributed by atoms with Crippen LogP contribution < -0.4 is 10.1 Å². The molecule has 1 N–H and O–H groups in total. The molecule has 170 valence electrons. The molecule has 4 rings (SSSR count). The van der Waals surface area contributed by atoms with Crippen LogP contribution in [0.5, 0.6) is 5.75 Å². The van der Waals surface area contributed by atoms with Crippen LogP contribution in [0.25, 0.3) is 11.0 Å². The monoisotopic (exact) mass is 446 g/mol. The molecule has 0 atom stereocenters. The van der Waals surface area contributed by atoms with Gasteiger partial charge in [0.25, 0.3) is 11.8 Å². The smallest absolute Gasteiger partial charge is 0.308 e. The van der Waals surface area contributed by atoms with Crippen molar-refractivity contribution in [3.63, 3.8) is 0 Å². The molecule has 2 aromatic carbocycles. The molecular weight excluding hydrogens is 420 g/mol. The number of ether oxygens (including phenoxy) is 1. The van der Waals surface area contributed by atoms with Gasteiger partial charge in [-0.3, -0.25) is 14.4 Å². The molecule has 2 heterocycles. The minimum Gasteiger partial charge on any atom is -0.427 e. The molecule has 0 radical (unpaired) electrons. The fourth-order valence-corrected chi connectivity index (χ4v) is 3.91. The second-order valence-electron chi connectivity index (χ2n) is 8.26. The van der Waals surface area contributed by atoms with Crippen LogP contribution in [0.15, 0.2) is 42.5 Å². The zero-order valence-electron chi connectivity index (χ0n) is 18.9. The lowest BCUT2D eigenvalue weighted by atomic mass is 10.0. The lowest BCUT2D eigenvalue weighted by Gasteiger charge is -2.32.